The highest BCUT2D eigenvalue weighted by atomic mass is 16.5. The summed E-state index contributed by atoms with van der Waals surface area (Å²) in [4.78, 5) is 16.7. The molecule has 0 spiro atoms. The molecule has 3 aromatic heterocycles. The third-order valence-electron chi connectivity index (χ3n) is 4.55. The molecule has 4 heterocycles. The molecule has 3 aromatic rings. The van der Waals surface area contributed by atoms with Crippen molar-refractivity contribution in [2.45, 2.75) is 18.9 Å². The lowest BCUT2D eigenvalue weighted by Crippen LogP contribution is -2.27. The molecule has 0 amide bonds. The van der Waals surface area contributed by atoms with Gasteiger partial charge in [0.15, 0.2) is 0 Å². The summed E-state index contributed by atoms with van der Waals surface area (Å²) >= 11 is 0. The first-order valence-corrected chi connectivity index (χ1v) is 9.02. The molecule has 1 saturated heterocycles. The minimum atomic E-state index is 0.00377. The van der Waals surface area contributed by atoms with Gasteiger partial charge in [-0.1, -0.05) is 0 Å². The number of aromatic nitrogens is 4. The van der Waals surface area contributed by atoms with Gasteiger partial charge in [0.25, 0.3) is 0 Å². The summed E-state index contributed by atoms with van der Waals surface area (Å²) in [7, 11) is 0. The smallest absolute Gasteiger partial charge is 0.225 e. The van der Waals surface area contributed by atoms with Crippen LogP contribution < -0.4 is 10.5 Å². The lowest BCUT2D eigenvalue weighted by atomic mass is 10.0. The number of pyridine rings is 2. The molecule has 0 unspecified atom stereocenters. The van der Waals surface area contributed by atoms with E-state index in [4.69, 9.17) is 20.6 Å². The molecule has 0 bridgehead atoms. The molecule has 1 fully saturated rings. The van der Waals surface area contributed by atoms with Crippen LogP contribution >= 0.6 is 0 Å². The molecule has 0 radical (unpaired) electrons. The Morgan fingerprint density at radius 3 is 2.64 bits per heavy atom. The average molecular weight is 376 g/mol. The van der Waals surface area contributed by atoms with Gasteiger partial charge in [-0.3, -0.25) is 10.4 Å². The Morgan fingerprint density at radius 1 is 1.11 bits per heavy atom. The van der Waals surface area contributed by atoms with Crippen LogP contribution in [-0.2, 0) is 4.74 Å². The molecule has 8 heteroatoms. The third kappa shape index (κ3) is 3.81. The van der Waals surface area contributed by atoms with E-state index >= 15 is 0 Å². The van der Waals surface area contributed by atoms with E-state index in [1.807, 2.05) is 6.07 Å². The quantitative estimate of drug-likeness (QED) is 0.656. The first-order valence-electron chi connectivity index (χ1n) is 9.02. The summed E-state index contributed by atoms with van der Waals surface area (Å²) in [6.07, 6.45) is 9.66. The Morgan fingerprint density at radius 2 is 1.86 bits per heavy atom. The van der Waals surface area contributed by atoms with Gasteiger partial charge >= 0.3 is 0 Å². The van der Waals surface area contributed by atoms with Gasteiger partial charge in [0.2, 0.25) is 5.88 Å². The van der Waals surface area contributed by atoms with E-state index in [2.05, 4.69) is 19.9 Å². The van der Waals surface area contributed by atoms with Crippen LogP contribution in [-0.4, -0.2) is 45.0 Å². The minimum absolute atomic E-state index is 0.00377. The number of anilines is 1. The van der Waals surface area contributed by atoms with Gasteiger partial charge in [-0.05, 0) is 18.2 Å². The van der Waals surface area contributed by atoms with E-state index in [-0.39, 0.29) is 11.8 Å². The fourth-order valence-electron chi connectivity index (χ4n) is 3.07. The monoisotopic (exact) mass is 376 g/mol. The molecule has 0 aromatic carbocycles. The molecular formula is C20H20N6O2. The van der Waals surface area contributed by atoms with Crippen LogP contribution in [0.1, 0.15) is 24.0 Å². The van der Waals surface area contributed by atoms with Crippen LogP contribution in [0.5, 0.6) is 5.88 Å². The number of ether oxygens (including phenoxy) is 2. The summed E-state index contributed by atoms with van der Waals surface area (Å²) in [6, 6.07) is 5.25. The maximum Gasteiger partial charge on any atom is 0.225 e. The van der Waals surface area contributed by atoms with E-state index in [1.165, 1.54) is 6.33 Å². The molecule has 1 aliphatic rings. The molecule has 1 aliphatic heterocycles. The standard InChI is InChI=1S/C20H20N6O2/c21-16-2-6-26-20(28-15-3-7-27-8-4-15)18(16)19(22)13-1-5-25-17(9-13)14-10-23-12-24-11-14/h1-2,5-6,9-12,15,22H,3-4,7-8H2,(H2,21,26). The summed E-state index contributed by atoms with van der Waals surface area (Å²) in [5, 5.41) is 8.75. The first-order chi connectivity index (χ1) is 13.7. The Labute approximate surface area is 162 Å². The normalized spacial score (nSPS) is 14.6. The van der Waals surface area contributed by atoms with E-state index in [9.17, 15) is 0 Å². The average Bonchev–Trinajstić information content (AvgIpc) is 2.75. The second-order valence-corrected chi connectivity index (χ2v) is 6.44. The Bertz CT molecular complexity index is 973. The summed E-state index contributed by atoms with van der Waals surface area (Å²) in [5.41, 5.74) is 9.46. The fourth-order valence-corrected chi connectivity index (χ4v) is 3.07. The SMILES string of the molecule is N=C(c1ccnc(-c2cncnc2)c1)c1c(N)ccnc1OC1CCOCC1. The molecule has 3 N–H and O–H groups in total. The summed E-state index contributed by atoms with van der Waals surface area (Å²) in [5.74, 6) is 0.373. The first kappa shape index (κ1) is 18.0. The van der Waals surface area contributed by atoms with Crippen molar-refractivity contribution in [3.63, 3.8) is 0 Å². The van der Waals surface area contributed by atoms with E-state index < -0.39 is 0 Å². The molecule has 0 aliphatic carbocycles. The molecule has 8 nitrogen and oxygen atoms in total. The minimum Gasteiger partial charge on any atom is -0.474 e. The van der Waals surface area contributed by atoms with Gasteiger partial charge in [0.1, 0.15) is 12.4 Å². The number of nitrogen functional groups attached to an aromatic ring is 1. The summed E-state index contributed by atoms with van der Waals surface area (Å²) < 4.78 is 11.5. The Balaban J connectivity index is 1.66. The van der Waals surface area contributed by atoms with Crippen molar-refractivity contribution in [2.24, 2.45) is 0 Å². The summed E-state index contributed by atoms with van der Waals surface area (Å²) in [6.45, 7) is 1.32. The van der Waals surface area contributed by atoms with Crippen LogP contribution in [0.25, 0.3) is 11.3 Å². The van der Waals surface area contributed by atoms with Crippen LogP contribution in [0.15, 0.2) is 49.3 Å². The van der Waals surface area contributed by atoms with Crippen LogP contribution in [0.4, 0.5) is 5.69 Å². The lowest BCUT2D eigenvalue weighted by molar-refractivity contribution is 0.0237. The van der Waals surface area contributed by atoms with E-state index in [0.29, 0.717) is 41.6 Å². The third-order valence-corrected chi connectivity index (χ3v) is 4.55. The van der Waals surface area contributed by atoms with Gasteiger partial charge in [-0.15, -0.1) is 0 Å². The maximum atomic E-state index is 8.75. The topological polar surface area (TPSA) is 120 Å². The van der Waals surface area contributed by atoms with E-state index in [0.717, 1.165) is 18.4 Å². The Kier molecular flexibility index (Phi) is 5.20. The number of hydrogen-bond acceptors (Lipinski definition) is 8. The molecular weight excluding hydrogens is 356 g/mol. The highest BCUT2D eigenvalue weighted by Gasteiger charge is 2.22. The second-order valence-electron chi connectivity index (χ2n) is 6.44. The number of nitrogens with two attached hydrogens (primary N) is 1. The lowest BCUT2D eigenvalue weighted by Gasteiger charge is -2.24. The zero-order valence-electron chi connectivity index (χ0n) is 15.2. The van der Waals surface area contributed by atoms with Gasteiger partial charge in [0, 0.05) is 54.4 Å². The van der Waals surface area contributed by atoms with Crippen LogP contribution in [0.2, 0.25) is 0 Å². The zero-order valence-corrected chi connectivity index (χ0v) is 15.2. The molecule has 0 atom stereocenters. The van der Waals surface area contributed by atoms with Crippen LogP contribution in [0.3, 0.4) is 0 Å². The predicted molar refractivity (Wildman–Crippen MR) is 104 cm³/mol. The highest BCUT2D eigenvalue weighted by Crippen LogP contribution is 2.28. The molecule has 28 heavy (non-hydrogen) atoms. The van der Waals surface area contributed by atoms with Crippen molar-refractivity contribution in [2.75, 3.05) is 18.9 Å². The zero-order chi connectivity index (χ0) is 19.3. The predicted octanol–water partition coefficient (Wildman–Crippen LogP) is 2.49. The van der Waals surface area contributed by atoms with Gasteiger partial charge in [-0.25, -0.2) is 15.0 Å². The second kappa shape index (κ2) is 8.10. The van der Waals surface area contributed by atoms with Crippen LogP contribution in [0, 0.1) is 5.41 Å². The fraction of sp³-hybridized carbons (Fsp3) is 0.250. The molecule has 0 saturated carbocycles. The van der Waals surface area contributed by atoms with Crippen molar-refractivity contribution in [1.29, 1.82) is 5.41 Å². The number of hydrogen-bond donors (Lipinski definition) is 2. The largest absolute Gasteiger partial charge is 0.474 e. The number of nitrogens with one attached hydrogen (secondary N) is 1. The molecule has 142 valence electrons. The number of rotatable bonds is 5. The van der Waals surface area contributed by atoms with Crippen molar-refractivity contribution in [3.05, 3.63) is 60.4 Å². The maximum absolute atomic E-state index is 8.75. The van der Waals surface area contributed by atoms with Crippen molar-refractivity contribution < 1.29 is 9.47 Å². The van der Waals surface area contributed by atoms with Gasteiger partial charge < -0.3 is 15.2 Å². The van der Waals surface area contributed by atoms with Gasteiger partial charge in [0.05, 0.1) is 30.2 Å². The molecule has 4 rings (SSSR count). The van der Waals surface area contributed by atoms with E-state index in [1.54, 1.807) is 36.9 Å². The van der Waals surface area contributed by atoms with Crippen molar-refractivity contribution >= 4 is 11.4 Å². The highest BCUT2D eigenvalue weighted by molar-refractivity contribution is 6.15. The number of nitrogens with zero attached hydrogens (tertiary/aromatic N) is 4. The van der Waals surface area contributed by atoms with Crippen molar-refractivity contribution in [1.82, 2.24) is 19.9 Å². The van der Waals surface area contributed by atoms with Gasteiger partial charge in [-0.2, -0.15) is 0 Å². The van der Waals surface area contributed by atoms with Crippen molar-refractivity contribution in [3.8, 4) is 17.1 Å². The Hall–Kier alpha value is -3.39.